The van der Waals surface area contributed by atoms with Gasteiger partial charge >= 0.3 is 6.03 Å². The molecular weight excluding hydrogens is 314 g/mol. The number of urea groups is 1. The fourth-order valence-electron chi connectivity index (χ4n) is 3.43. The summed E-state index contributed by atoms with van der Waals surface area (Å²) in [4.78, 5) is 18.4. The molecule has 0 spiro atoms. The van der Waals surface area contributed by atoms with E-state index in [9.17, 15) is 4.79 Å². The van der Waals surface area contributed by atoms with E-state index in [0.29, 0.717) is 12.6 Å². The number of hydrogen-bond acceptors (Lipinski definition) is 3. The fraction of sp³-hybridized carbons (Fsp3) is 0.526. The molecule has 1 saturated carbocycles. The summed E-state index contributed by atoms with van der Waals surface area (Å²) in [5.41, 5.74) is 3.13. The third-order valence-corrected chi connectivity index (χ3v) is 4.90. The third kappa shape index (κ3) is 4.18. The van der Waals surface area contributed by atoms with Gasteiger partial charge in [0, 0.05) is 32.1 Å². The molecule has 1 fully saturated rings. The SMILES string of the molecule is Cc1cc(NC(=O)N(C)Cc2ccncc2C)n(C2CCCCC2)n1. The molecule has 3 rings (SSSR count). The summed E-state index contributed by atoms with van der Waals surface area (Å²) >= 11 is 0. The van der Waals surface area contributed by atoms with E-state index in [-0.39, 0.29) is 6.03 Å². The van der Waals surface area contributed by atoms with Gasteiger partial charge in [0.2, 0.25) is 0 Å². The standard InChI is InChI=1S/C19H27N5O/c1-14-12-20-10-9-16(14)13-23(3)19(25)21-18-11-15(2)22-24(18)17-7-5-4-6-8-17/h9-12,17H,4-8,13H2,1-3H3,(H,21,25). The highest BCUT2D eigenvalue weighted by Crippen LogP contribution is 2.30. The predicted octanol–water partition coefficient (Wildman–Crippen LogP) is 4.06. The average Bonchev–Trinajstić information content (AvgIpc) is 2.98. The number of aryl methyl sites for hydroxylation is 2. The number of hydrogen-bond donors (Lipinski definition) is 1. The number of nitrogens with zero attached hydrogens (tertiary/aromatic N) is 4. The molecule has 0 radical (unpaired) electrons. The molecule has 0 bridgehead atoms. The zero-order chi connectivity index (χ0) is 17.8. The molecule has 2 aromatic rings. The number of amides is 2. The lowest BCUT2D eigenvalue weighted by Crippen LogP contribution is -2.32. The van der Waals surface area contributed by atoms with Crippen LogP contribution in [0.25, 0.3) is 0 Å². The van der Waals surface area contributed by atoms with Crippen molar-refractivity contribution in [1.29, 1.82) is 0 Å². The van der Waals surface area contributed by atoms with Crippen molar-refractivity contribution in [2.75, 3.05) is 12.4 Å². The zero-order valence-corrected chi connectivity index (χ0v) is 15.3. The molecular formula is C19H27N5O. The Bertz CT molecular complexity index is 733. The van der Waals surface area contributed by atoms with Gasteiger partial charge in [0.05, 0.1) is 11.7 Å². The van der Waals surface area contributed by atoms with Crippen LogP contribution >= 0.6 is 0 Å². The molecule has 1 N–H and O–H groups in total. The minimum Gasteiger partial charge on any atom is -0.323 e. The van der Waals surface area contributed by atoms with Gasteiger partial charge in [-0.05, 0) is 43.9 Å². The Hall–Kier alpha value is -2.37. The van der Waals surface area contributed by atoms with E-state index >= 15 is 0 Å². The van der Waals surface area contributed by atoms with Gasteiger partial charge in [-0.1, -0.05) is 19.3 Å². The number of carbonyl (C=O) groups is 1. The lowest BCUT2D eigenvalue weighted by Gasteiger charge is -2.25. The maximum absolute atomic E-state index is 12.6. The molecule has 0 aliphatic heterocycles. The lowest BCUT2D eigenvalue weighted by molar-refractivity contribution is 0.220. The molecule has 1 aliphatic rings. The van der Waals surface area contributed by atoms with Crippen LogP contribution in [0, 0.1) is 13.8 Å². The van der Waals surface area contributed by atoms with Crippen molar-refractivity contribution in [3.63, 3.8) is 0 Å². The van der Waals surface area contributed by atoms with Crippen molar-refractivity contribution in [1.82, 2.24) is 19.7 Å². The molecule has 6 nitrogen and oxygen atoms in total. The third-order valence-electron chi connectivity index (χ3n) is 4.90. The number of nitrogens with one attached hydrogen (secondary N) is 1. The zero-order valence-electron chi connectivity index (χ0n) is 15.3. The number of carbonyl (C=O) groups excluding carboxylic acids is 1. The maximum atomic E-state index is 12.6. The first-order valence-electron chi connectivity index (χ1n) is 9.02. The summed E-state index contributed by atoms with van der Waals surface area (Å²) in [5.74, 6) is 0.799. The Labute approximate surface area is 149 Å². The van der Waals surface area contributed by atoms with Gasteiger partial charge in [-0.15, -0.1) is 0 Å². The van der Waals surface area contributed by atoms with Crippen molar-refractivity contribution in [2.45, 2.75) is 58.5 Å². The molecule has 0 unspecified atom stereocenters. The number of anilines is 1. The Kier molecular flexibility index (Phi) is 5.36. The van der Waals surface area contributed by atoms with Crippen molar-refractivity contribution in [2.24, 2.45) is 0 Å². The second kappa shape index (κ2) is 7.68. The van der Waals surface area contributed by atoms with Gasteiger partial charge in [0.1, 0.15) is 5.82 Å². The quantitative estimate of drug-likeness (QED) is 0.912. The van der Waals surface area contributed by atoms with E-state index in [4.69, 9.17) is 0 Å². The number of aromatic nitrogens is 3. The largest absolute Gasteiger partial charge is 0.323 e. The average molecular weight is 341 g/mol. The monoisotopic (exact) mass is 341 g/mol. The van der Waals surface area contributed by atoms with Gasteiger partial charge < -0.3 is 4.90 Å². The van der Waals surface area contributed by atoms with E-state index in [1.54, 1.807) is 11.1 Å². The summed E-state index contributed by atoms with van der Waals surface area (Å²) < 4.78 is 2.01. The van der Waals surface area contributed by atoms with Crippen molar-refractivity contribution >= 4 is 11.8 Å². The van der Waals surface area contributed by atoms with Crippen LogP contribution in [0.2, 0.25) is 0 Å². The molecule has 1 aliphatic carbocycles. The summed E-state index contributed by atoms with van der Waals surface area (Å²) in [6.45, 7) is 4.53. The molecule has 0 saturated heterocycles. The molecule has 2 heterocycles. The second-order valence-electron chi connectivity index (χ2n) is 7.00. The first-order chi connectivity index (χ1) is 12.0. The minimum absolute atomic E-state index is 0.117. The van der Waals surface area contributed by atoms with Crippen molar-refractivity contribution in [3.05, 3.63) is 41.3 Å². The molecule has 2 aromatic heterocycles. The number of pyridine rings is 1. The van der Waals surface area contributed by atoms with Crippen LogP contribution in [-0.4, -0.2) is 32.7 Å². The van der Waals surface area contributed by atoms with Gasteiger partial charge in [-0.25, -0.2) is 9.48 Å². The van der Waals surface area contributed by atoms with Crippen LogP contribution in [0.5, 0.6) is 0 Å². The highest BCUT2D eigenvalue weighted by atomic mass is 16.2. The van der Waals surface area contributed by atoms with Crippen LogP contribution in [-0.2, 0) is 6.54 Å². The Morgan fingerprint density at radius 1 is 1.32 bits per heavy atom. The van der Waals surface area contributed by atoms with Gasteiger partial charge in [0.15, 0.2) is 0 Å². The first kappa shape index (κ1) is 17.5. The maximum Gasteiger partial charge on any atom is 0.323 e. The van der Waals surface area contributed by atoms with E-state index in [1.165, 1.54) is 19.3 Å². The summed E-state index contributed by atoms with van der Waals surface area (Å²) in [5, 5.41) is 7.66. The molecule has 2 amide bonds. The van der Waals surface area contributed by atoms with Crippen LogP contribution in [0.1, 0.15) is 55.0 Å². The smallest absolute Gasteiger partial charge is 0.323 e. The van der Waals surface area contributed by atoms with Crippen molar-refractivity contribution < 1.29 is 4.79 Å². The molecule has 6 heteroatoms. The van der Waals surface area contributed by atoms with Crippen molar-refractivity contribution in [3.8, 4) is 0 Å². The first-order valence-corrected chi connectivity index (χ1v) is 9.02. The molecule has 0 atom stereocenters. The summed E-state index contributed by atoms with van der Waals surface area (Å²) in [6, 6.07) is 4.19. The molecule has 25 heavy (non-hydrogen) atoms. The van der Waals surface area contributed by atoms with Crippen LogP contribution in [0.3, 0.4) is 0 Å². The van der Waals surface area contributed by atoms with Crippen LogP contribution in [0.4, 0.5) is 10.6 Å². The van der Waals surface area contributed by atoms with Crippen LogP contribution < -0.4 is 5.32 Å². The highest BCUT2D eigenvalue weighted by molar-refractivity contribution is 5.88. The Morgan fingerprint density at radius 3 is 2.80 bits per heavy atom. The fourth-order valence-corrected chi connectivity index (χ4v) is 3.43. The van der Waals surface area contributed by atoms with Gasteiger partial charge in [0.25, 0.3) is 0 Å². The van der Waals surface area contributed by atoms with E-state index in [1.807, 2.05) is 43.9 Å². The predicted molar refractivity (Wildman–Crippen MR) is 98.5 cm³/mol. The Morgan fingerprint density at radius 2 is 2.08 bits per heavy atom. The minimum atomic E-state index is -0.117. The molecule has 0 aromatic carbocycles. The topological polar surface area (TPSA) is 63.1 Å². The van der Waals surface area contributed by atoms with E-state index < -0.39 is 0 Å². The normalized spacial score (nSPS) is 15.2. The summed E-state index contributed by atoms with van der Waals surface area (Å²) in [7, 11) is 1.81. The van der Waals surface area contributed by atoms with Gasteiger partial charge in [-0.3, -0.25) is 10.3 Å². The van der Waals surface area contributed by atoms with E-state index in [0.717, 1.165) is 35.5 Å². The molecule has 134 valence electrons. The number of rotatable bonds is 4. The second-order valence-corrected chi connectivity index (χ2v) is 7.00. The highest BCUT2D eigenvalue weighted by Gasteiger charge is 2.21. The lowest BCUT2D eigenvalue weighted by atomic mass is 9.96. The summed E-state index contributed by atoms with van der Waals surface area (Å²) in [6.07, 6.45) is 9.62. The van der Waals surface area contributed by atoms with Gasteiger partial charge in [-0.2, -0.15) is 5.10 Å². The Balaban J connectivity index is 1.69. The van der Waals surface area contributed by atoms with Crippen LogP contribution in [0.15, 0.2) is 24.5 Å². The van der Waals surface area contributed by atoms with E-state index in [2.05, 4.69) is 15.4 Å².